The molecule has 0 spiro atoms. The van der Waals surface area contributed by atoms with Crippen LogP contribution >= 0.6 is 23.1 Å². The number of hydrogen-bond donors (Lipinski definition) is 0. The van der Waals surface area contributed by atoms with Crippen LogP contribution in [0.25, 0.3) is 21.7 Å². The van der Waals surface area contributed by atoms with Crippen LogP contribution in [0.4, 0.5) is 0 Å². The lowest BCUT2D eigenvalue weighted by Gasteiger charge is -2.02. The molecule has 0 amide bonds. The van der Waals surface area contributed by atoms with E-state index < -0.39 is 0 Å². The van der Waals surface area contributed by atoms with E-state index in [1.165, 1.54) is 11.8 Å². The molecule has 0 radical (unpaired) electrons. The number of carbonyl (C=O) groups is 1. The molecule has 2 aromatic carbocycles. The van der Waals surface area contributed by atoms with E-state index in [1.54, 1.807) is 11.3 Å². The highest BCUT2D eigenvalue weighted by molar-refractivity contribution is 8.01. The Balaban J connectivity index is 2.08. The summed E-state index contributed by atoms with van der Waals surface area (Å²) in [6, 6.07) is 20.4. The predicted molar refractivity (Wildman–Crippen MR) is 89.8 cm³/mol. The van der Waals surface area contributed by atoms with Gasteiger partial charge in [0.25, 0.3) is 0 Å². The van der Waals surface area contributed by atoms with E-state index in [1.807, 2.05) is 36.4 Å². The summed E-state index contributed by atoms with van der Waals surface area (Å²) in [7, 11) is 0. The summed E-state index contributed by atoms with van der Waals surface area (Å²) in [4.78, 5) is 16.4. The molecule has 21 heavy (non-hydrogen) atoms. The van der Waals surface area contributed by atoms with Crippen LogP contribution in [0.5, 0.6) is 0 Å². The topological polar surface area (TPSA) is 30.0 Å². The molecule has 0 atom stereocenters. The van der Waals surface area contributed by atoms with E-state index in [0.717, 1.165) is 32.3 Å². The maximum atomic E-state index is 10.6. The number of hydrogen-bond acceptors (Lipinski definition) is 4. The lowest BCUT2D eigenvalue weighted by molar-refractivity contribution is -0.105. The van der Waals surface area contributed by atoms with Crippen molar-refractivity contribution >= 4 is 29.4 Å². The largest absolute Gasteiger partial charge is 0.302 e. The Kier molecular flexibility index (Phi) is 4.48. The van der Waals surface area contributed by atoms with Gasteiger partial charge in [0.2, 0.25) is 0 Å². The van der Waals surface area contributed by atoms with Gasteiger partial charge in [0.05, 0.1) is 16.3 Å². The molecule has 3 aromatic rings. The molecule has 0 unspecified atom stereocenters. The Labute approximate surface area is 131 Å². The van der Waals surface area contributed by atoms with Gasteiger partial charge in [-0.15, -0.1) is 11.3 Å². The van der Waals surface area contributed by atoms with Crippen LogP contribution in [0, 0.1) is 0 Å². The molecule has 1 aromatic heterocycles. The summed E-state index contributed by atoms with van der Waals surface area (Å²) in [6.45, 7) is 0. The quantitative estimate of drug-likeness (QED) is 0.502. The van der Waals surface area contributed by atoms with Crippen LogP contribution in [0.15, 0.2) is 65.0 Å². The van der Waals surface area contributed by atoms with Gasteiger partial charge >= 0.3 is 0 Å². The van der Waals surface area contributed by atoms with Crippen molar-refractivity contribution in [2.24, 2.45) is 0 Å². The number of thiazole rings is 1. The van der Waals surface area contributed by atoms with Gasteiger partial charge in [-0.1, -0.05) is 72.4 Å². The Morgan fingerprint density at radius 2 is 1.57 bits per heavy atom. The fourth-order valence-corrected chi connectivity index (χ4v) is 3.93. The van der Waals surface area contributed by atoms with Crippen molar-refractivity contribution in [1.82, 2.24) is 4.98 Å². The normalized spacial score (nSPS) is 10.5. The minimum Gasteiger partial charge on any atom is -0.302 e. The second-order valence-corrected chi connectivity index (χ2v) is 6.63. The number of rotatable bonds is 5. The maximum Gasteiger partial charge on any atom is 0.151 e. The summed E-state index contributed by atoms with van der Waals surface area (Å²) in [5.41, 5.74) is 3.25. The lowest BCUT2D eigenvalue weighted by Crippen LogP contribution is -1.82. The number of carbonyl (C=O) groups excluding carboxylic acids is 1. The average Bonchev–Trinajstić information content (AvgIpc) is 2.99. The van der Waals surface area contributed by atoms with Crippen molar-refractivity contribution in [3.05, 3.63) is 60.7 Å². The first-order chi connectivity index (χ1) is 10.4. The van der Waals surface area contributed by atoms with Gasteiger partial charge in [-0.3, -0.25) is 0 Å². The molecule has 104 valence electrons. The molecule has 0 aliphatic rings. The zero-order valence-electron chi connectivity index (χ0n) is 11.2. The summed E-state index contributed by atoms with van der Waals surface area (Å²) in [5, 5.41) is 0. The highest BCUT2D eigenvalue weighted by Crippen LogP contribution is 2.39. The van der Waals surface area contributed by atoms with Crippen molar-refractivity contribution in [2.75, 3.05) is 5.75 Å². The molecule has 4 heteroatoms. The third kappa shape index (κ3) is 3.23. The van der Waals surface area contributed by atoms with E-state index in [9.17, 15) is 4.79 Å². The Bertz CT molecular complexity index is 666. The van der Waals surface area contributed by atoms with Crippen LogP contribution in [0.3, 0.4) is 0 Å². The molecule has 0 aliphatic heterocycles. The van der Waals surface area contributed by atoms with Crippen molar-refractivity contribution in [3.8, 4) is 21.7 Å². The first-order valence-corrected chi connectivity index (χ1v) is 8.37. The molecular weight excluding hydrogens is 298 g/mol. The SMILES string of the molecule is O=CCSc1nc(-c2ccccc2)c(-c2ccccc2)s1. The molecule has 0 saturated carbocycles. The van der Waals surface area contributed by atoms with Gasteiger partial charge in [-0.2, -0.15) is 0 Å². The third-order valence-corrected chi connectivity index (χ3v) is 5.11. The van der Waals surface area contributed by atoms with Crippen LogP contribution in [0.1, 0.15) is 0 Å². The number of benzene rings is 2. The monoisotopic (exact) mass is 311 g/mol. The van der Waals surface area contributed by atoms with Crippen LogP contribution < -0.4 is 0 Å². The van der Waals surface area contributed by atoms with Gasteiger partial charge in [0.1, 0.15) is 6.29 Å². The molecule has 1 heterocycles. The minimum absolute atomic E-state index is 0.440. The molecule has 0 fully saturated rings. The fourth-order valence-electron chi connectivity index (χ4n) is 2.04. The summed E-state index contributed by atoms with van der Waals surface area (Å²) in [5.74, 6) is 0.440. The minimum atomic E-state index is 0.440. The lowest BCUT2D eigenvalue weighted by atomic mass is 10.1. The first kappa shape index (κ1) is 14.0. The van der Waals surface area contributed by atoms with Gasteiger partial charge < -0.3 is 4.79 Å². The second-order valence-electron chi connectivity index (χ2n) is 4.37. The molecule has 0 bridgehead atoms. The molecule has 3 rings (SSSR count). The number of aldehydes is 1. The van der Waals surface area contributed by atoms with Crippen LogP contribution in [0.2, 0.25) is 0 Å². The van der Waals surface area contributed by atoms with Gasteiger partial charge in [-0.25, -0.2) is 4.98 Å². The standard InChI is InChI=1S/C17H13NOS2/c19-11-12-20-17-18-15(13-7-3-1-4-8-13)16(21-17)14-9-5-2-6-10-14/h1-11H,12H2. The summed E-state index contributed by atoms with van der Waals surface area (Å²) < 4.78 is 0.930. The van der Waals surface area contributed by atoms with Crippen LogP contribution in [-0.4, -0.2) is 17.0 Å². The average molecular weight is 311 g/mol. The Hall–Kier alpha value is -1.91. The van der Waals surface area contributed by atoms with Crippen molar-refractivity contribution in [2.45, 2.75) is 4.34 Å². The number of thioether (sulfide) groups is 1. The zero-order valence-corrected chi connectivity index (χ0v) is 12.9. The van der Waals surface area contributed by atoms with E-state index >= 15 is 0 Å². The van der Waals surface area contributed by atoms with Crippen LogP contribution in [-0.2, 0) is 4.79 Å². The third-order valence-electron chi connectivity index (χ3n) is 2.97. The predicted octanol–water partition coefficient (Wildman–Crippen LogP) is 4.77. The van der Waals surface area contributed by atoms with E-state index in [2.05, 4.69) is 24.3 Å². The molecule has 0 aliphatic carbocycles. The highest BCUT2D eigenvalue weighted by atomic mass is 32.2. The van der Waals surface area contributed by atoms with E-state index in [0.29, 0.717) is 5.75 Å². The molecule has 0 N–H and O–H groups in total. The highest BCUT2D eigenvalue weighted by Gasteiger charge is 2.14. The van der Waals surface area contributed by atoms with Crippen molar-refractivity contribution < 1.29 is 4.79 Å². The molecule has 2 nitrogen and oxygen atoms in total. The fraction of sp³-hybridized carbons (Fsp3) is 0.0588. The Morgan fingerprint density at radius 1 is 0.952 bits per heavy atom. The Morgan fingerprint density at radius 3 is 2.19 bits per heavy atom. The molecular formula is C17H13NOS2. The van der Waals surface area contributed by atoms with E-state index in [4.69, 9.17) is 4.98 Å². The maximum absolute atomic E-state index is 10.6. The smallest absolute Gasteiger partial charge is 0.151 e. The second kappa shape index (κ2) is 6.70. The molecule has 0 saturated heterocycles. The van der Waals surface area contributed by atoms with E-state index in [-0.39, 0.29) is 0 Å². The van der Waals surface area contributed by atoms with Gasteiger partial charge in [0.15, 0.2) is 4.34 Å². The number of aromatic nitrogens is 1. The first-order valence-electron chi connectivity index (χ1n) is 6.56. The summed E-state index contributed by atoms with van der Waals surface area (Å²) in [6.07, 6.45) is 0.913. The van der Waals surface area contributed by atoms with Gasteiger partial charge in [0, 0.05) is 5.56 Å². The summed E-state index contributed by atoms with van der Waals surface area (Å²) >= 11 is 3.12. The van der Waals surface area contributed by atoms with Crippen molar-refractivity contribution in [1.29, 1.82) is 0 Å². The van der Waals surface area contributed by atoms with Crippen molar-refractivity contribution in [3.63, 3.8) is 0 Å². The van der Waals surface area contributed by atoms with Gasteiger partial charge in [-0.05, 0) is 5.56 Å². The number of nitrogens with zero attached hydrogens (tertiary/aromatic N) is 1. The zero-order chi connectivity index (χ0) is 14.5.